The summed E-state index contributed by atoms with van der Waals surface area (Å²) in [5.74, 6) is 1.51. The fourth-order valence-electron chi connectivity index (χ4n) is 3.14. The van der Waals surface area contributed by atoms with E-state index in [1.165, 1.54) is 0 Å². The van der Waals surface area contributed by atoms with Crippen LogP contribution in [0.1, 0.15) is 0 Å². The number of hydrogen-bond donors (Lipinski definition) is 2. The number of anilines is 2. The number of nitrogens with zero attached hydrogens (tertiary/aromatic N) is 1. The molecule has 1 aliphatic heterocycles. The molecule has 0 atom stereocenters. The van der Waals surface area contributed by atoms with E-state index in [9.17, 15) is 4.79 Å². The van der Waals surface area contributed by atoms with Crippen molar-refractivity contribution in [3.05, 3.63) is 46.9 Å². The monoisotopic (exact) mass is 307 g/mol. The Morgan fingerprint density at radius 3 is 2.70 bits per heavy atom. The van der Waals surface area contributed by atoms with Gasteiger partial charge >= 0.3 is 0 Å². The van der Waals surface area contributed by atoms with Crippen LogP contribution in [0.4, 0.5) is 11.4 Å². The molecule has 2 aromatic carbocycles. The van der Waals surface area contributed by atoms with Gasteiger partial charge in [-0.3, -0.25) is 4.79 Å². The summed E-state index contributed by atoms with van der Waals surface area (Å²) >= 11 is 0. The average molecular weight is 307 g/mol. The minimum absolute atomic E-state index is 0.101. The van der Waals surface area contributed by atoms with E-state index < -0.39 is 0 Å². The number of fused-ring (bicyclic) bond motifs is 2. The zero-order valence-electron chi connectivity index (χ0n) is 13.2. The summed E-state index contributed by atoms with van der Waals surface area (Å²) in [6.07, 6.45) is 1.77. The molecule has 5 nitrogen and oxygen atoms in total. The molecule has 0 aliphatic carbocycles. The van der Waals surface area contributed by atoms with Crippen LogP contribution in [0.5, 0.6) is 11.5 Å². The van der Waals surface area contributed by atoms with Crippen LogP contribution >= 0.6 is 0 Å². The second-order valence-corrected chi connectivity index (χ2v) is 5.82. The number of benzene rings is 2. The molecule has 0 spiro atoms. The Bertz CT molecular complexity index is 989. The first-order valence-electron chi connectivity index (χ1n) is 7.46. The topological polar surface area (TPSA) is 57.4 Å². The third kappa shape index (κ3) is 1.90. The lowest BCUT2D eigenvalue weighted by Gasteiger charge is -2.25. The normalized spacial score (nSPS) is 11.8. The van der Waals surface area contributed by atoms with Crippen molar-refractivity contribution < 1.29 is 4.74 Å². The van der Waals surface area contributed by atoms with Crippen LogP contribution in [0.3, 0.4) is 0 Å². The number of hydrogen-bond acceptors (Lipinski definition) is 4. The van der Waals surface area contributed by atoms with Crippen LogP contribution in [0.15, 0.2) is 41.3 Å². The second-order valence-electron chi connectivity index (χ2n) is 5.82. The van der Waals surface area contributed by atoms with Crippen LogP contribution in [0.25, 0.3) is 21.9 Å². The number of H-pyrrole nitrogens is 1. The van der Waals surface area contributed by atoms with Crippen LogP contribution < -0.4 is 20.5 Å². The fraction of sp³-hybridized carbons (Fsp3) is 0.167. The van der Waals surface area contributed by atoms with Gasteiger partial charge in [0.1, 0.15) is 11.5 Å². The van der Waals surface area contributed by atoms with Crippen LogP contribution in [0, 0.1) is 0 Å². The highest BCUT2D eigenvalue weighted by Crippen LogP contribution is 2.48. The standard InChI is InChI=1S/C18H17N3O2/c1-19-13-7-11-12-9-20-18(22)10-5-4-6-15(17(10)12)23-16(11)8-14(13)21(2)3/h4-9,19H,1-3H3,(H,20,22). The summed E-state index contributed by atoms with van der Waals surface area (Å²) < 4.78 is 6.09. The van der Waals surface area contributed by atoms with Crippen molar-refractivity contribution in [2.24, 2.45) is 0 Å². The highest BCUT2D eigenvalue weighted by atomic mass is 16.5. The highest BCUT2D eigenvalue weighted by molar-refractivity contribution is 6.04. The Hall–Kier alpha value is -2.95. The maximum atomic E-state index is 12.1. The van der Waals surface area contributed by atoms with Gasteiger partial charge in [-0.1, -0.05) is 6.07 Å². The van der Waals surface area contributed by atoms with Crippen molar-refractivity contribution >= 4 is 22.1 Å². The molecule has 0 fully saturated rings. The molecule has 5 heteroatoms. The van der Waals surface area contributed by atoms with Crippen LogP contribution in [-0.2, 0) is 0 Å². The van der Waals surface area contributed by atoms with Crippen LogP contribution in [-0.4, -0.2) is 26.1 Å². The van der Waals surface area contributed by atoms with E-state index in [1.54, 1.807) is 6.20 Å². The molecule has 0 radical (unpaired) electrons. The minimum atomic E-state index is -0.101. The lowest BCUT2D eigenvalue weighted by Crippen LogP contribution is -2.13. The first kappa shape index (κ1) is 13.7. The van der Waals surface area contributed by atoms with E-state index in [0.717, 1.165) is 39.4 Å². The summed E-state index contributed by atoms with van der Waals surface area (Å²) in [5, 5.41) is 4.74. The number of pyridine rings is 1. The fourth-order valence-corrected chi connectivity index (χ4v) is 3.14. The first-order valence-corrected chi connectivity index (χ1v) is 7.46. The Kier molecular flexibility index (Phi) is 2.84. The minimum Gasteiger partial charge on any atom is -0.456 e. The third-order valence-electron chi connectivity index (χ3n) is 4.25. The molecule has 0 amide bonds. The van der Waals surface area contributed by atoms with Gasteiger partial charge in [-0.25, -0.2) is 0 Å². The number of nitrogens with one attached hydrogen (secondary N) is 2. The zero-order chi connectivity index (χ0) is 16.1. The molecule has 0 saturated carbocycles. The number of aromatic nitrogens is 1. The Morgan fingerprint density at radius 2 is 1.96 bits per heavy atom. The summed E-state index contributed by atoms with van der Waals surface area (Å²) in [5.41, 5.74) is 3.91. The molecule has 2 heterocycles. The molecular formula is C18H17N3O2. The maximum absolute atomic E-state index is 12.1. The molecule has 4 rings (SSSR count). The van der Waals surface area contributed by atoms with Gasteiger partial charge in [0.05, 0.1) is 16.8 Å². The van der Waals surface area contributed by atoms with Gasteiger partial charge in [-0.05, 0) is 18.2 Å². The summed E-state index contributed by atoms with van der Waals surface area (Å²) in [6, 6.07) is 9.65. The molecular weight excluding hydrogens is 290 g/mol. The van der Waals surface area contributed by atoms with E-state index in [0.29, 0.717) is 5.39 Å². The van der Waals surface area contributed by atoms with Crippen molar-refractivity contribution in [3.63, 3.8) is 0 Å². The van der Waals surface area contributed by atoms with Crippen molar-refractivity contribution in [1.29, 1.82) is 0 Å². The van der Waals surface area contributed by atoms with Crippen molar-refractivity contribution in [1.82, 2.24) is 4.98 Å². The summed E-state index contributed by atoms with van der Waals surface area (Å²) in [7, 11) is 5.89. The maximum Gasteiger partial charge on any atom is 0.255 e. The quantitative estimate of drug-likeness (QED) is 0.596. The molecule has 0 unspecified atom stereocenters. The van der Waals surface area contributed by atoms with E-state index in [1.807, 2.05) is 50.3 Å². The van der Waals surface area contributed by atoms with Gasteiger partial charge in [0, 0.05) is 49.9 Å². The second kappa shape index (κ2) is 4.78. The molecule has 116 valence electrons. The average Bonchev–Trinajstić information content (AvgIpc) is 2.56. The van der Waals surface area contributed by atoms with Gasteiger partial charge in [-0.2, -0.15) is 0 Å². The van der Waals surface area contributed by atoms with Gasteiger partial charge in [-0.15, -0.1) is 0 Å². The molecule has 1 aliphatic rings. The molecule has 0 saturated heterocycles. The van der Waals surface area contributed by atoms with Gasteiger partial charge in [0.2, 0.25) is 0 Å². The summed E-state index contributed by atoms with van der Waals surface area (Å²) in [4.78, 5) is 16.9. The number of rotatable bonds is 2. The highest BCUT2D eigenvalue weighted by Gasteiger charge is 2.23. The third-order valence-corrected chi connectivity index (χ3v) is 4.25. The van der Waals surface area contributed by atoms with E-state index in [2.05, 4.69) is 16.4 Å². The Balaban J connectivity index is 2.09. The summed E-state index contributed by atoms with van der Waals surface area (Å²) in [6.45, 7) is 0. The van der Waals surface area contributed by atoms with E-state index in [-0.39, 0.29) is 5.56 Å². The SMILES string of the molecule is CNc1cc2c(cc1N(C)C)Oc1cccc3c(=O)[nH]cc-2c13. The Morgan fingerprint density at radius 1 is 1.13 bits per heavy atom. The van der Waals surface area contributed by atoms with E-state index >= 15 is 0 Å². The van der Waals surface area contributed by atoms with Crippen molar-refractivity contribution in [2.45, 2.75) is 0 Å². The van der Waals surface area contributed by atoms with E-state index in [4.69, 9.17) is 4.74 Å². The molecule has 0 bridgehead atoms. The lowest BCUT2D eigenvalue weighted by molar-refractivity contribution is 0.487. The number of aromatic amines is 1. The van der Waals surface area contributed by atoms with Gasteiger partial charge in [0.25, 0.3) is 5.56 Å². The zero-order valence-corrected chi connectivity index (χ0v) is 13.2. The molecule has 3 aromatic rings. The number of ether oxygens (including phenoxy) is 1. The predicted molar refractivity (Wildman–Crippen MR) is 94.0 cm³/mol. The van der Waals surface area contributed by atoms with Gasteiger partial charge in [0.15, 0.2) is 0 Å². The molecule has 23 heavy (non-hydrogen) atoms. The Labute approximate surface area is 133 Å². The van der Waals surface area contributed by atoms with Gasteiger partial charge < -0.3 is 19.9 Å². The first-order chi connectivity index (χ1) is 11.1. The van der Waals surface area contributed by atoms with Crippen LogP contribution in [0.2, 0.25) is 0 Å². The largest absolute Gasteiger partial charge is 0.456 e. The predicted octanol–water partition coefficient (Wildman–Crippen LogP) is 3.41. The van der Waals surface area contributed by atoms with Crippen molar-refractivity contribution in [2.75, 3.05) is 31.4 Å². The van der Waals surface area contributed by atoms with Crippen molar-refractivity contribution in [3.8, 4) is 22.6 Å². The molecule has 2 N–H and O–H groups in total. The molecule has 1 aromatic heterocycles. The lowest BCUT2D eigenvalue weighted by atomic mass is 9.96. The smallest absolute Gasteiger partial charge is 0.255 e.